The van der Waals surface area contributed by atoms with Crippen LogP contribution in [0.5, 0.6) is 0 Å². The molecule has 0 aliphatic heterocycles. The molecule has 0 aliphatic rings. The topological polar surface area (TPSA) is 29.5 Å². The molecule has 0 rings (SSSR count). The molecule has 0 unspecified atom stereocenters. The Morgan fingerprint density at radius 2 is 2.00 bits per heavy atom. The third-order valence-corrected chi connectivity index (χ3v) is 0.129. The predicted octanol–water partition coefficient (Wildman–Crippen LogP) is -0.420. The molecule has 0 atom stereocenters. The minimum Gasteiger partial charge on any atom is -0.371 e. The van der Waals surface area contributed by atoms with E-state index in [0.29, 0.717) is 0 Å². The van der Waals surface area contributed by atoms with Crippen LogP contribution in [0.4, 0.5) is 0 Å². The van der Waals surface area contributed by atoms with Gasteiger partial charge in [0.05, 0.1) is 0 Å². The number of hydrogen-bond acceptors (Lipinski definition) is 2. The van der Waals surface area contributed by atoms with Gasteiger partial charge in [-0.15, -0.1) is 0 Å². The van der Waals surface area contributed by atoms with E-state index in [4.69, 9.17) is 5.11 Å². The Labute approximate surface area is 56.4 Å². The summed E-state index contributed by atoms with van der Waals surface area (Å²) < 4.78 is 4.10. The van der Waals surface area contributed by atoms with Gasteiger partial charge in [0.1, 0.15) is 6.79 Å². The number of ether oxygens (including phenoxy) is 1. The van der Waals surface area contributed by atoms with Crippen LogP contribution in [0.15, 0.2) is 0 Å². The summed E-state index contributed by atoms with van der Waals surface area (Å²) in [5, 5.41) is 7.65. The largest absolute Gasteiger partial charge is 0.371 e. The molecule has 0 saturated carbocycles. The van der Waals surface area contributed by atoms with Crippen LogP contribution in [0.3, 0.4) is 0 Å². The summed E-state index contributed by atoms with van der Waals surface area (Å²) in [5.41, 5.74) is 0. The molecule has 0 aromatic rings. The molecule has 1 radical (unpaired) electrons. The van der Waals surface area contributed by atoms with E-state index in [1.165, 1.54) is 7.11 Å². The van der Waals surface area contributed by atoms with Crippen molar-refractivity contribution < 1.29 is 42.6 Å². The van der Waals surface area contributed by atoms with Crippen molar-refractivity contribution in [2.45, 2.75) is 0 Å². The normalized spacial score (nSPS) is 6.00. The number of aliphatic hydroxyl groups is 1. The predicted molar refractivity (Wildman–Crippen MR) is 14.1 cm³/mol. The van der Waals surface area contributed by atoms with Gasteiger partial charge in [-0.1, -0.05) is 0 Å². The van der Waals surface area contributed by atoms with E-state index in [0.717, 1.165) is 0 Å². The summed E-state index contributed by atoms with van der Waals surface area (Å²) in [6.07, 6.45) is 0. The van der Waals surface area contributed by atoms with Crippen LogP contribution in [0.2, 0.25) is 0 Å². The summed E-state index contributed by atoms with van der Waals surface area (Å²) in [5.74, 6) is 0. The zero-order valence-electron chi connectivity index (χ0n) is 3.14. The monoisotopic (exact) mass is 151 g/mol. The quantitative estimate of drug-likeness (QED) is 0.515. The Kier molecular flexibility index (Phi) is 16.7. The minimum atomic E-state index is -0.181. The molecule has 0 amide bonds. The van der Waals surface area contributed by atoms with Gasteiger partial charge in [-0.3, -0.25) is 0 Å². The van der Waals surface area contributed by atoms with E-state index >= 15 is 0 Å². The maximum Gasteiger partial charge on any atom is 0.143 e. The van der Waals surface area contributed by atoms with Gasteiger partial charge in [0.25, 0.3) is 0 Å². The van der Waals surface area contributed by atoms with Gasteiger partial charge < -0.3 is 9.84 Å². The second-order valence-corrected chi connectivity index (χ2v) is 0.418. The van der Waals surface area contributed by atoms with Crippen LogP contribution in [0.25, 0.3) is 0 Å². The Bertz CT molecular complexity index is 9.61. The average Bonchev–Trinajstić information content (AvgIpc) is 1.37. The molecule has 0 aliphatic carbocycles. The molecule has 0 fully saturated rings. The Morgan fingerprint density at radius 3 is 2.00 bits per heavy atom. The van der Waals surface area contributed by atoms with Crippen molar-refractivity contribution in [3.05, 3.63) is 0 Å². The second kappa shape index (κ2) is 8.90. The van der Waals surface area contributed by atoms with Crippen LogP contribution in [-0.2, 0) is 37.4 Å². The first-order chi connectivity index (χ1) is 1.91. The minimum absolute atomic E-state index is 0. The zero-order valence-corrected chi connectivity index (χ0v) is 5.98. The van der Waals surface area contributed by atoms with Crippen molar-refractivity contribution in [3.63, 3.8) is 0 Å². The van der Waals surface area contributed by atoms with Gasteiger partial charge >= 0.3 is 0 Å². The molecule has 5 heavy (non-hydrogen) atoms. The molecule has 2 nitrogen and oxygen atoms in total. The van der Waals surface area contributed by atoms with Gasteiger partial charge in [-0.05, 0) is 0 Å². The standard InChI is InChI=1S/C2H6O2.Y/c1-4-2-3;/h3H,2H2,1H3;. The van der Waals surface area contributed by atoms with Crippen molar-refractivity contribution >= 4 is 0 Å². The fraction of sp³-hybridized carbons (Fsp3) is 1.00. The van der Waals surface area contributed by atoms with Crippen LogP contribution in [-0.4, -0.2) is 19.0 Å². The summed E-state index contributed by atoms with van der Waals surface area (Å²) in [6, 6.07) is 0. The maximum atomic E-state index is 7.65. The molecule has 0 bridgehead atoms. The number of aliphatic hydroxyl groups excluding tert-OH is 1. The average molecular weight is 151 g/mol. The number of rotatable bonds is 1. The van der Waals surface area contributed by atoms with Crippen molar-refractivity contribution in [3.8, 4) is 0 Å². The Hall–Kier alpha value is 1.02. The smallest absolute Gasteiger partial charge is 0.143 e. The van der Waals surface area contributed by atoms with Crippen LogP contribution in [0, 0.1) is 0 Å². The molecule has 0 aromatic heterocycles. The van der Waals surface area contributed by atoms with E-state index in [-0.39, 0.29) is 39.5 Å². The first-order valence-electron chi connectivity index (χ1n) is 1.01. The van der Waals surface area contributed by atoms with Gasteiger partial charge in [-0.25, -0.2) is 0 Å². The Balaban J connectivity index is 0. The molecule has 29 valence electrons. The third kappa shape index (κ3) is 11.2. The fourth-order valence-electron chi connectivity index (χ4n) is 0. The molecule has 0 spiro atoms. The van der Waals surface area contributed by atoms with Gasteiger partial charge in [0.15, 0.2) is 0 Å². The van der Waals surface area contributed by atoms with Gasteiger partial charge in [0.2, 0.25) is 0 Å². The SMILES string of the molecule is COCO.[Y]. The molecular weight excluding hydrogens is 145 g/mol. The summed E-state index contributed by atoms with van der Waals surface area (Å²) >= 11 is 0. The molecular formula is C2H6O2Y. The second-order valence-electron chi connectivity index (χ2n) is 0.418. The first-order valence-corrected chi connectivity index (χ1v) is 1.01. The van der Waals surface area contributed by atoms with Crippen molar-refractivity contribution in [1.82, 2.24) is 0 Å². The van der Waals surface area contributed by atoms with Crippen LogP contribution < -0.4 is 0 Å². The van der Waals surface area contributed by atoms with E-state index in [1.807, 2.05) is 0 Å². The zero-order chi connectivity index (χ0) is 3.41. The Morgan fingerprint density at radius 1 is 1.80 bits per heavy atom. The summed E-state index contributed by atoms with van der Waals surface area (Å²) in [7, 11) is 1.43. The van der Waals surface area contributed by atoms with Gasteiger partial charge in [-0.2, -0.15) is 0 Å². The fourth-order valence-corrected chi connectivity index (χ4v) is 0. The van der Waals surface area contributed by atoms with Crippen molar-refractivity contribution in [2.24, 2.45) is 0 Å². The molecule has 1 N–H and O–H groups in total. The number of methoxy groups -OCH3 is 1. The summed E-state index contributed by atoms with van der Waals surface area (Å²) in [4.78, 5) is 0. The van der Waals surface area contributed by atoms with Crippen molar-refractivity contribution in [2.75, 3.05) is 13.9 Å². The van der Waals surface area contributed by atoms with Crippen LogP contribution in [0.1, 0.15) is 0 Å². The van der Waals surface area contributed by atoms with E-state index in [9.17, 15) is 0 Å². The first kappa shape index (κ1) is 9.39. The molecule has 0 heterocycles. The molecule has 0 aromatic carbocycles. The molecule has 0 saturated heterocycles. The van der Waals surface area contributed by atoms with Crippen LogP contribution >= 0.6 is 0 Å². The van der Waals surface area contributed by atoms with E-state index in [1.54, 1.807) is 0 Å². The maximum absolute atomic E-state index is 7.65. The van der Waals surface area contributed by atoms with E-state index in [2.05, 4.69) is 4.74 Å². The van der Waals surface area contributed by atoms with E-state index < -0.39 is 0 Å². The third-order valence-electron chi connectivity index (χ3n) is 0.129. The number of hydrogen-bond donors (Lipinski definition) is 1. The summed E-state index contributed by atoms with van der Waals surface area (Å²) in [6.45, 7) is -0.181. The van der Waals surface area contributed by atoms with Crippen molar-refractivity contribution in [1.29, 1.82) is 0 Å². The van der Waals surface area contributed by atoms with Gasteiger partial charge in [0, 0.05) is 39.8 Å². The molecule has 3 heteroatoms.